The van der Waals surface area contributed by atoms with Crippen molar-refractivity contribution in [1.29, 1.82) is 0 Å². The van der Waals surface area contributed by atoms with E-state index in [0.29, 0.717) is 23.2 Å². The fourth-order valence-electron chi connectivity index (χ4n) is 2.43. The van der Waals surface area contributed by atoms with Gasteiger partial charge in [-0.2, -0.15) is 31.8 Å². The number of nitrogens with one attached hydrogen (secondary N) is 1. The minimum Gasteiger partial charge on any atom is -0.350 e. The van der Waals surface area contributed by atoms with Crippen LogP contribution >= 0.6 is 23.4 Å². The molecule has 3 rings (SSSR count). The standard InChI is InChI=1S/C12H15ClN6S/c1-20-9-5-2-4-8(9)15-11-16-10(13)17-12(18-11)19-7-3-6-14-19/h3,6-9H,2,4-5H2,1H3,(H,15,16,17,18). The van der Waals surface area contributed by atoms with Crippen LogP contribution in [0, 0.1) is 0 Å². The number of halogens is 1. The summed E-state index contributed by atoms with van der Waals surface area (Å²) in [7, 11) is 0. The van der Waals surface area contributed by atoms with Crippen LogP contribution in [0.4, 0.5) is 5.95 Å². The monoisotopic (exact) mass is 310 g/mol. The van der Waals surface area contributed by atoms with Crippen molar-refractivity contribution in [1.82, 2.24) is 24.7 Å². The quantitative estimate of drug-likeness (QED) is 0.935. The van der Waals surface area contributed by atoms with E-state index in [1.54, 1.807) is 17.1 Å². The Bertz CT molecular complexity index is 575. The first-order valence-corrected chi connectivity index (χ1v) is 8.14. The van der Waals surface area contributed by atoms with Gasteiger partial charge in [0.25, 0.3) is 5.95 Å². The summed E-state index contributed by atoms with van der Waals surface area (Å²) in [6.07, 6.45) is 9.17. The lowest BCUT2D eigenvalue weighted by Crippen LogP contribution is -2.27. The van der Waals surface area contributed by atoms with Crippen molar-refractivity contribution in [2.45, 2.75) is 30.6 Å². The maximum Gasteiger partial charge on any atom is 0.256 e. The van der Waals surface area contributed by atoms with Crippen LogP contribution in [-0.4, -0.2) is 42.3 Å². The van der Waals surface area contributed by atoms with Crippen molar-refractivity contribution in [3.63, 3.8) is 0 Å². The van der Waals surface area contributed by atoms with Gasteiger partial charge in [-0.1, -0.05) is 6.42 Å². The van der Waals surface area contributed by atoms with Crippen LogP contribution < -0.4 is 5.32 Å². The van der Waals surface area contributed by atoms with E-state index in [-0.39, 0.29) is 5.28 Å². The van der Waals surface area contributed by atoms with Crippen LogP contribution in [0.5, 0.6) is 0 Å². The van der Waals surface area contributed by atoms with Gasteiger partial charge in [-0.15, -0.1) is 0 Å². The number of hydrogen-bond acceptors (Lipinski definition) is 6. The summed E-state index contributed by atoms with van der Waals surface area (Å²) in [5.41, 5.74) is 0. The van der Waals surface area contributed by atoms with E-state index in [2.05, 4.69) is 31.6 Å². The molecule has 1 N–H and O–H groups in total. The molecule has 2 unspecified atom stereocenters. The van der Waals surface area contributed by atoms with Crippen LogP contribution in [0.15, 0.2) is 18.5 Å². The molecule has 1 fully saturated rings. The SMILES string of the molecule is CSC1CCCC1Nc1nc(Cl)nc(-n2cccn2)n1. The van der Waals surface area contributed by atoms with Crippen LogP contribution in [0.2, 0.25) is 5.28 Å². The van der Waals surface area contributed by atoms with Gasteiger partial charge in [-0.05, 0) is 36.8 Å². The molecule has 1 aliphatic carbocycles. The summed E-state index contributed by atoms with van der Waals surface area (Å²) < 4.78 is 1.57. The molecule has 0 amide bonds. The lowest BCUT2D eigenvalue weighted by molar-refractivity contribution is 0.742. The Morgan fingerprint density at radius 1 is 1.35 bits per heavy atom. The summed E-state index contributed by atoms with van der Waals surface area (Å²) >= 11 is 7.86. The third-order valence-electron chi connectivity index (χ3n) is 3.38. The van der Waals surface area contributed by atoms with Gasteiger partial charge in [-0.3, -0.25) is 0 Å². The van der Waals surface area contributed by atoms with Gasteiger partial charge in [-0.25, -0.2) is 4.68 Å². The van der Waals surface area contributed by atoms with E-state index < -0.39 is 0 Å². The number of nitrogens with zero attached hydrogens (tertiary/aromatic N) is 5. The Kier molecular flexibility index (Phi) is 4.07. The van der Waals surface area contributed by atoms with Crippen LogP contribution in [0.3, 0.4) is 0 Å². The van der Waals surface area contributed by atoms with Gasteiger partial charge in [0.15, 0.2) is 0 Å². The number of aromatic nitrogens is 5. The fraction of sp³-hybridized carbons (Fsp3) is 0.500. The second-order valence-corrected chi connectivity index (χ2v) is 6.05. The average Bonchev–Trinajstić information content (AvgIpc) is 3.08. The van der Waals surface area contributed by atoms with Crippen LogP contribution in [0.1, 0.15) is 19.3 Å². The molecule has 106 valence electrons. The minimum atomic E-state index is 0.173. The molecule has 0 aliphatic heterocycles. The molecule has 6 nitrogen and oxygen atoms in total. The van der Waals surface area contributed by atoms with Crippen molar-refractivity contribution < 1.29 is 0 Å². The molecule has 8 heteroatoms. The third-order valence-corrected chi connectivity index (χ3v) is 4.71. The van der Waals surface area contributed by atoms with E-state index in [0.717, 1.165) is 6.42 Å². The van der Waals surface area contributed by atoms with Crippen LogP contribution in [-0.2, 0) is 0 Å². The van der Waals surface area contributed by atoms with Crippen molar-refractivity contribution >= 4 is 29.3 Å². The zero-order valence-electron chi connectivity index (χ0n) is 11.0. The van der Waals surface area contributed by atoms with Gasteiger partial charge in [0, 0.05) is 23.7 Å². The topological polar surface area (TPSA) is 68.5 Å². The molecule has 20 heavy (non-hydrogen) atoms. The molecular weight excluding hydrogens is 296 g/mol. The van der Waals surface area contributed by atoms with Crippen molar-refractivity contribution in [3.05, 3.63) is 23.7 Å². The predicted octanol–water partition coefficient (Wildman–Crippen LogP) is 2.41. The fourth-order valence-corrected chi connectivity index (χ4v) is 3.52. The molecule has 2 atom stereocenters. The molecule has 0 spiro atoms. The lowest BCUT2D eigenvalue weighted by Gasteiger charge is -2.19. The summed E-state index contributed by atoms with van der Waals surface area (Å²) in [6.45, 7) is 0. The minimum absolute atomic E-state index is 0.173. The van der Waals surface area contributed by atoms with E-state index in [4.69, 9.17) is 11.6 Å². The summed E-state index contributed by atoms with van der Waals surface area (Å²) in [5.74, 6) is 0.942. The Labute approximate surface area is 126 Å². The highest BCUT2D eigenvalue weighted by atomic mass is 35.5. The number of thioether (sulfide) groups is 1. The zero-order valence-corrected chi connectivity index (χ0v) is 12.6. The van der Waals surface area contributed by atoms with Gasteiger partial charge in [0.05, 0.1) is 0 Å². The van der Waals surface area contributed by atoms with Crippen molar-refractivity contribution in [3.8, 4) is 5.95 Å². The molecule has 0 aromatic carbocycles. The molecule has 0 bridgehead atoms. The van der Waals surface area contributed by atoms with Crippen molar-refractivity contribution in [2.75, 3.05) is 11.6 Å². The molecule has 0 saturated heterocycles. The normalized spacial score (nSPS) is 22.1. The first-order valence-electron chi connectivity index (χ1n) is 6.47. The smallest absolute Gasteiger partial charge is 0.256 e. The predicted molar refractivity (Wildman–Crippen MR) is 80.5 cm³/mol. The lowest BCUT2D eigenvalue weighted by atomic mass is 10.2. The highest BCUT2D eigenvalue weighted by Crippen LogP contribution is 2.30. The van der Waals surface area contributed by atoms with Gasteiger partial charge in [0.2, 0.25) is 11.2 Å². The van der Waals surface area contributed by atoms with Gasteiger partial charge in [0.1, 0.15) is 0 Å². The summed E-state index contributed by atoms with van der Waals surface area (Å²) in [6, 6.07) is 2.19. The molecule has 2 aromatic heterocycles. The largest absolute Gasteiger partial charge is 0.350 e. The zero-order chi connectivity index (χ0) is 13.9. The molecule has 1 saturated carbocycles. The first kappa shape index (κ1) is 13.6. The van der Waals surface area contributed by atoms with Gasteiger partial charge >= 0.3 is 0 Å². The number of hydrogen-bond donors (Lipinski definition) is 1. The highest BCUT2D eigenvalue weighted by molar-refractivity contribution is 7.99. The molecule has 2 heterocycles. The third kappa shape index (κ3) is 2.88. The number of rotatable bonds is 4. The average molecular weight is 311 g/mol. The molecule has 2 aromatic rings. The first-order chi connectivity index (χ1) is 9.76. The Morgan fingerprint density at radius 3 is 3.00 bits per heavy atom. The number of anilines is 1. The Morgan fingerprint density at radius 2 is 2.25 bits per heavy atom. The summed E-state index contributed by atoms with van der Waals surface area (Å²) in [4.78, 5) is 12.6. The second-order valence-electron chi connectivity index (χ2n) is 4.63. The second kappa shape index (κ2) is 5.97. The maximum absolute atomic E-state index is 5.97. The Balaban J connectivity index is 1.83. The Hall–Kier alpha value is -1.34. The van der Waals surface area contributed by atoms with E-state index in [1.165, 1.54) is 12.8 Å². The van der Waals surface area contributed by atoms with Crippen molar-refractivity contribution in [2.24, 2.45) is 0 Å². The van der Waals surface area contributed by atoms with E-state index in [1.807, 2.05) is 17.8 Å². The molecule has 1 aliphatic rings. The summed E-state index contributed by atoms with van der Waals surface area (Å²) in [5, 5.41) is 8.25. The molecule has 0 radical (unpaired) electrons. The van der Waals surface area contributed by atoms with E-state index in [9.17, 15) is 0 Å². The highest BCUT2D eigenvalue weighted by Gasteiger charge is 2.27. The molecular formula is C12H15ClN6S. The van der Waals surface area contributed by atoms with E-state index >= 15 is 0 Å². The van der Waals surface area contributed by atoms with Crippen LogP contribution in [0.25, 0.3) is 5.95 Å². The maximum atomic E-state index is 5.97. The van der Waals surface area contributed by atoms with Gasteiger partial charge < -0.3 is 5.32 Å².